The number of hydrogen-bond donors (Lipinski definition) is 2. The molecule has 0 aliphatic heterocycles. The van der Waals surface area contributed by atoms with Crippen LogP contribution in [0.3, 0.4) is 0 Å². The van der Waals surface area contributed by atoms with Crippen LogP contribution >= 0.6 is 0 Å². The summed E-state index contributed by atoms with van der Waals surface area (Å²) in [5.41, 5.74) is 0.213. The number of ether oxygens (including phenoxy) is 1. The Bertz CT molecular complexity index is 956. The second-order valence-corrected chi connectivity index (χ2v) is 13.7. The summed E-state index contributed by atoms with van der Waals surface area (Å²) in [6.07, 6.45) is 7.26. The van der Waals surface area contributed by atoms with Gasteiger partial charge >= 0.3 is 5.97 Å². The Morgan fingerprint density at radius 2 is 1.87 bits per heavy atom. The molecule has 0 aromatic carbocycles. The second kappa shape index (κ2) is 11.2. The van der Waals surface area contributed by atoms with E-state index in [9.17, 15) is 24.6 Å². The van der Waals surface area contributed by atoms with Gasteiger partial charge in [-0.1, -0.05) is 60.0 Å². The van der Waals surface area contributed by atoms with Crippen molar-refractivity contribution in [3.8, 4) is 0 Å². The summed E-state index contributed by atoms with van der Waals surface area (Å²) in [4.78, 5) is 39.4. The third kappa shape index (κ3) is 4.93. The maximum Gasteiger partial charge on any atom is 0.305 e. The summed E-state index contributed by atoms with van der Waals surface area (Å²) in [7, 11) is 0. The third-order valence-corrected chi connectivity index (χ3v) is 11.6. The largest absolute Gasteiger partial charge is 0.462 e. The molecule has 6 heteroatoms. The van der Waals surface area contributed by atoms with Crippen LogP contribution in [0.15, 0.2) is 11.6 Å². The van der Waals surface area contributed by atoms with Crippen LogP contribution in [0.25, 0.3) is 0 Å². The maximum atomic E-state index is 13.8. The molecule has 0 aromatic rings. The van der Waals surface area contributed by atoms with Gasteiger partial charge in [0, 0.05) is 43.6 Å². The highest BCUT2D eigenvalue weighted by atomic mass is 16.5. The van der Waals surface area contributed by atoms with Gasteiger partial charge in [-0.2, -0.15) is 0 Å². The van der Waals surface area contributed by atoms with Crippen LogP contribution in [-0.2, 0) is 19.1 Å². The first-order valence-corrected chi connectivity index (χ1v) is 15.2. The van der Waals surface area contributed by atoms with E-state index < -0.39 is 17.4 Å². The van der Waals surface area contributed by atoms with Crippen LogP contribution in [0.1, 0.15) is 99.3 Å². The minimum absolute atomic E-state index is 0.0237. The molecule has 38 heavy (non-hydrogen) atoms. The predicted octanol–water partition coefficient (Wildman–Crippen LogP) is 5.29. The highest BCUT2D eigenvalue weighted by Crippen LogP contribution is 2.66. The Balaban J connectivity index is 1.57. The van der Waals surface area contributed by atoms with Gasteiger partial charge in [0.1, 0.15) is 11.9 Å². The lowest BCUT2D eigenvalue weighted by Crippen LogP contribution is -2.60. The summed E-state index contributed by atoms with van der Waals surface area (Å²) >= 11 is 0. The zero-order valence-electron chi connectivity index (χ0n) is 24.4. The highest BCUT2D eigenvalue weighted by Gasteiger charge is 2.66. The number of ketones is 2. The van der Waals surface area contributed by atoms with E-state index in [0.717, 1.165) is 31.3 Å². The smallest absolute Gasteiger partial charge is 0.305 e. The topological polar surface area (TPSA) is 101 Å². The minimum Gasteiger partial charge on any atom is -0.462 e. The fraction of sp³-hybridized carbons (Fsp3) is 0.844. The number of carbonyl (C=O) groups is 3. The average Bonchev–Trinajstić information content (AvgIpc) is 3.14. The van der Waals surface area contributed by atoms with Gasteiger partial charge in [0.15, 0.2) is 5.78 Å². The summed E-state index contributed by atoms with van der Waals surface area (Å²) in [5.74, 6) is 0.0264. The van der Waals surface area contributed by atoms with Crippen LogP contribution in [0.2, 0.25) is 0 Å². The van der Waals surface area contributed by atoms with Gasteiger partial charge in [-0.3, -0.25) is 14.4 Å². The molecule has 0 amide bonds. The molecular formula is C32H50O6. The monoisotopic (exact) mass is 530 g/mol. The van der Waals surface area contributed by atoms with Crippen molar-refractivity contribution in [1.29, 1.82) is 0 Å². The van der Waals surface area contributed by atoms with E-state index in [0.29, 0.717) is 43.9 Å². The third-order valence-electron chi connectivity index (χ3n) is 11.6. The Morgan fingerprint density at radius 1 is 1.16 bits per heavy atom. The van der Waals surface area contributed by atoms with Crippen molar-refractivity contribution in [1.82, 2.24) is 0 Å². The van der Waals surface area contributed by atoms with Gasteiger partial charge in [-0.05, 0) is 66.3 Å². The van der Waals surface area contributed by atoms with E-state index in [1.165, 1.54) is 0 Å². The van der Waals surface area contributed by atoms with Crippen LogP contribution in [0, 0.1) is 52.3 Å². The number of aliphatic hydroxyl groups is 2. The molecule has 4 rings (SSSR count). The molecule has 4 aliphatic carbocycles. The lowest BCUT2D eigenvalue weighted by atomic mass is 9.45. The Kier molecular flexibility index (Phi) is 8.64. The molecule has 214 valence electrons. The molecule has 0 unspecified atom stereocenters. The number of Topliss-reactive ketones (excluding diaryl/α,β-unsaturated/α-hetero) is 1. The van der Waals surface area contributed by atoms with Crippen molar-refractivity contribution in [3.05, 3.63) is 11.6 Å². The zero-order chi connectivity index (χ0) is 28.0. The van der Waals surface area contributed by atoms with Crippen LogP contribution in [0.5, 0.6) is 0 Å². The van der Waals surface area contributed by atoms with Gasteiger partial charge in [-0.15, -0.1) is 0 Å². The fourth-order valence-corrected chi connectivity index (χ4v) is 9.26. The molecule has 0 aromatic heterocycles. The van der Waals surface area contributed by atoms with E-state index in [1.54, 1.807) is 13.0 Å². The van der Waals surface area contributed by atoms with E-state index in [4.69, 9.17) is 4.74 Å². The van der Waals surface area contributed by atoms with Crippen LogP contribution in [-0.4, -0.2) is 46.6 Å². The highest BCUT2D eigenvalue weighted by molar-refractivity contribution is 5.99. The molecule has 0 spiro atoms. The fourth-order valence-electron chi connectivity index (χ4n) is 9.26. The molecule has 0 saturated heterocycles. The van der Waals surface area contributed by atoms with E-state index in [-0.39, 0.29) is 59.3 Å². The molecule has 3 fully saturated rings. The normalized spacial score (nSPS) is 40.9. The van der Waals surface area contributed by atoms with Gasteiger partial charge in [0.25, 0.3) is 0 Å². The molecule has 3 saturated carbocycles. The van der Waals surface area contributed by atoms with Gasteiger partial charge in [0.05, 0.1) is 6.10 Å². The van der Waals surface area contributed by atoms with Crippen molar-refractivity contribution in [2.24, 2.45) is 52.3 Å². The van der Waals surface area contributed by atoms with Gasteiger partial charge < -0.3 is 14.9 Å². The summed E-state index contributed by atoms with van der Waals surface area (Å²) < 4.78 is 5.62. The first kappa shape index (κ1) is 29.5. The molecule has 2 N–H and O–H groups in total. The lowest BCUT2D eigenvalue weighted by molar-refractivity contribution is -0.162. The first-order chi connectivity index (χ1) is 17.9. The SMILES string of the molecule is CCC(=O)O[C@H]1CC[C@@]2(C)C(=CC(=O)[C@@H]3[C@@H]2[C@H](O)C[C@]2(C)[C@@H]([C@H](C)CC[C@@H](CC)[C@H](C)CO)CC(=O)[C@@H]32)C1. The van der Waals surface area contributed by atoms with Crippen LogP contribution in [0.4, 0.5) is 0 Å². The summed E-state index contributed by atoms with van der Waals surface area (Å²) in [6, 6.07) is 0. The molecule has 0 bridgehead atoms. The number of hydrogen-bond acceptors (Lipinski definition) is 6. The van der Waals surface area contributed by atoms with Crippen molar-refractivity contribution in [2.45, 2.75) is 112 Å². The van der Waals surface area contributed by atoms with E-state index in [2.05, 4.69) is 34.6 Å². The van der Waals surface area contributed by atoms with Crippen molar-refractivity contribution >= 4 is 17.5 Å². The molecule has 6 nitrogen and oxygen atoms in total. The number of allylic oxidation sites excluding steroid dienone is 1. The minimum atomic E-state index is -0.646. The zero-order valence-corrected chi connectivity index (χ0v) is 24.4. The molecule has 0 heterocycles. The Hall–Kier alpha value is -1.53. The summed E-state index contributed by atoms with van der Waals surface area (Å²) in [5, 5.41) is 21.4. The first-order valence-electron chi connectivity index (χ1n) is 15.2. The van der Waals surface area contributed by atoms with Crippen molar-refractivity contribution in [2.75, 3.05) is 6.61 Å². The molecule has 11 atom stereocenters. The van der Waals surface area contributed by atoms with Crippen molar-refractivity contribution < 1.29 is 29.3 Å². The number of carbonyl (C=O) groups excluding carboxylic acids is 3. The maximum absolute atomic E-state index is 13.8. The number of esters is 1. The van der Waals surface area contributed by atoms with Crippen LogP contribution < -0.4 is 0 Å². The number of aliphatic hydroxyl groups excluding tert-OH is 2. The van der Waals surface area contributed by atoms with E-state index >= 15 is 0 Å². The Morgan fingerprint density at radius 3 is 2.50 bits per heavy atom. The number of rotatable bonds is 9. The van der Waals surface area contributed by atoms with E-state index in [1.807, 2.05) is 0 Å². The Labute approximate surface area is 229 Å². The average molecular weight is 531 g/mol. The number of fused-ring (bicyclic) bond motifs is 5. The predicted molar refractivity (Wildman–Crippen MR) is 146 cm³/mol. The molecular weight excluding hydrogens is 480 g/mol. The molecule has 4 aliphatic rings. The second-order valence-electron chi connectivity index (χ2n) is 13.7. The lowest BCUT2D eigenvalue weighted by Gasteiger charge is -2.58. The quantitative estimate of drug-likeness (QED) is 0.393. The van der Waals surface area contributed by atoms with Crippen molar-refractivity contribution in [3.63, 3.8) is 0 Å². The molecule has 0 radical (unpaired) electrons. The van der Waals surface area contributed by atoms with Gasteiger partial charge in [-0.25, -0.2) is 0 Å². The standard InChI is InChI=1S/C32H50O6/c1-7-20(19(4)17-33)10-9-18(3)23-15-25(35)29-28-24(34)14-21-13-22(38-27(37)8-2)11-12-31(21,5)30(28)26(36)16-32(23,29)6/h14,18-20,22-23,26,28-30,33,36H,7-13,15-17H2,1-6H3/t18-,19-,20-,22+,23-,26-,28+,29+,30+,31+,32-/m1/s1. The van der Waals surface area contributed by atoms with Gasteiger partial charge in [0.2, 0.25) is 0 Å². The summed E-state index contributed by atoms with van der Waals surface area (Å²) in [6.45, 7) is 12.8.